The number of carbonyl (C=O) groups is 2. The number of anilines is 1. The maximum atomic E-state index is 13.1. The molecule has 2 heterocycles. The van der Waals surface area contributed by atoms with Crippen molar-refractivity contribution in [1.82, 2.24) is 14.9 Å². The van der Waals surface area contributed by atoms with Crippen LogP contribution in [0.25, 0.3) is 0 Å². The van der Waals surface area contributed by atoms with Gasteiger partial charge in [-0.15, -0.1) is 5.10 Å². The molecule has 1 fully saturated rings. The van der Waals surface area contributed by atoms with E-state index in [2.05, 4.69) is 21.5 Å². The molecule has 1 aromatic heterocycles. The maximum Gasteiger partial charge on any atom is 0.264 e. The minimum absolute atomic E-state index is 0.00901. The van der Waals surface area contributed by atoms with Gasteiger partial charge in [-0.1, -0.05) is 51.1 Å². The summed E-state index contributed by atoms with van der Waals surface area (Å²) in [4.78, 5) is 26.7. The Morgan fingerprint density at radius 3 is 2.26 bits per heavy atom. The van der Waals surface area contributed by atoms with E-state index in [1.54, 1.807) is 25.1 Å². The molecular weight excluding hydrogens is 476 g/mol. The highest BCUT2D eigenvalue weighted by Gasteiger charge is 2.38. The summed E-state index contributed by atoms with van der Waals surface area (Å²) in [7, 11) is -4.08. The monoisotopic (exact) mass is 500 g/mol. The van der Waals surface area contributed by atoms with Crippen LogP contribution < -0.4 is 9.62 Å². The van der Waals surface area contributed by atoms with E-state index in [-0.39, 0.29) is 38.9 Å². The van der Waals surface area contributed by atoms with Gasteiger partial charge in [0.2, 0.25) is 5.91 Å². The van der Waals surface area contributed by atoms with E-state index in [4.69, 9.17) is 11.6 Å². The van der Waals surface area contributed by atoms with Crippen LogP contribution in [0, 0.1) is 6.92 Å². The molecule has 0 unspecified atom stereocenters. The van der Waals surface area contributed by atoms with Gasteiger partial charge in [-0.25, -0.2) is 13.3 Å². The number of imide groups is 1. The van der Waals surface area contributed by atoms with Gasteiger partial charge in [0, 0.05) is 5.03 Å². The van der Waals surface area contributed by atoms with Crippen LogP contribution in [0.15, 0.2) is 76.3 Å². The van der Waals surface area contributed by atoms with Crippen LogP contribution >= 0.6 is 11.6 Å². The molecule has 1 aromatic carbocycles. The van der Waals surface area contributed by atoms with Gasteiger partial charge < -0.3 is 0 Å². The highest BCUT2D eigenvalue weighted by molar-refractivity contribution is 7.89. The fraction of sp³-hybridized carbons (Fsp3) is 0.250. The van der Waals surface area contributed by atoms with E-state index in [1.165, 1.54) is 30.4 Å². The van der Waals surface area contributed by atoms with Crippen LogP contribution in [0.4, 0.5) is 5.82 Å². The Kier molecular flexibility index (Phi) is 7.09. The third kappa shape index (κ3) is 5.60. The number of aryl methyl sites for hydroxylation is 1. The predicted octanol–water partition coefficient (Wildman–Crippen LogP) is 3.89. The van der Waals surface area contributed by atoms with Gasteiger partial charge in [0.15, 0.2) is 5.82 Å². The highest BCUT2D eigenvalue weighted by Crippen LogP contribution is 2.28. The lowest BCUT2D eigenvalue weighted by Crippen LogP contribution is -2.31. The smallest absolute Gasteiger partial charge is 0.264 e. The lowest BCUT2D eigenvalue weighted by atomic mass is 9.87. The van der Waals surface area contributed by atoms with Crippen molar-refractivity contribution in [1.29, 1.82) is 0 Å². The summed E-state index contributed by atoms with van der Waals surface area (Å²) in [5.74, 6) is -1.20. The van der Waals surface area contributed by atoms with Crippen molar-refractivity contribution < 1.29 is 18.0 Å². The standard InChI is InChI=1S/C24H25ClN4O4S/c1-15(25)6-12-20(28-34(32,33)18-10-8-17(9-11-18)24(3,4)5)19-14-22(30)29(23(19)31)21-13-7-16(2)26-27-21/h6-13,28H,1,14H2,2-5H3/b12-6-,20-19-. The van der Waals surface area contributed by atoms with Crippen LogP contribution in [0.3, 0.4) is 0 Å². The normalized spacial score (nSPS) is 16.3. The minimum Gasteiger partial charge on any atom is -0.279 e. The number of hydrogen-bond donors (Lipinski definition) is 1. The van der Waals surface area contributed by atoms with Gasteiger partial charge in [0.25, 0.3) is 15.9 Å². The third-order valence-corrected chi connectivity index (χ3v) is 6.59. The van der Waals surface area contributed by atoms with E-state index in [0.717, 1.165) is 10.5 Å². The molecule has 1 N–H and O–H groups in total. The zero-order valence-electron chi connectivity index (χ0n) is 19.3. The summed E-state index contributed by atoms with van der Waals surface area (Å²) in [6.07, 6.45) is 2.32. The number of halogens is 1. The molecule has 0 aliphatic carbocycles. The second kappa shape index (κ2) is 9.52. The van der Waals surface area contributed by atoms with Gasteiger partial charge >= 0.3 is 0 Å². The molecule has 2 aromatic rings. The molecule has 0 saturated carbocycles. The SMILES string of the molecule is C=C(Cl)/C=C\C(NS(=O)(=O)c1ccc(C(C)(C)C)cc1)=C1/CC(=O)N(c2ccc(C)nn2)C1=O. The number of carbonyl (C=O) groups excluding carboxylic acids is 2. The van der Waals surface area contributed by atoms with Crippen molar-refractivity contribution in [2.75, 3.05) is 4.90 Å². The Bertz CT molecular complexity index is 1310. The fourth-order valence-corrected chi connectivity index (χ4v) is 4.37. The fourth-order valence-electron chi connectivity index (χ4n) is 3.22. The van der Waals surface area contributed by atoms with Crippen molar-refractivity contribution in [3.05, 3.63) is 82.7 Å². The molecule has 1 saturated heterocycles. The molecule has 1 aliphatic rings. The first-order valence-corrected chi connectivity index (χ1v) is 12.2. The molecule has 178 valence electrons. The van der Waals surface area contributed by atoms with Gasteiger partial charge in [-0.3, -0.25) is 14.3 Å². The van der Waals surface area contributed by atoms with E-state index >= 15 is 0 Å². The number of nitrogens with one attached hydrogen (secondary N) is 1. The molecule has 0 atom stereocenters. The average Bonchev–Trinajstić information content (AvgIpc) is 3.05. The number of benzene rings is 1. The molecule has 3 rings (SSSR count). The maximum absolute atomic E-state index is 13.1. The predicted molar refractivity (Wildman–Crippen MR) is 131 cm³/mol. The first kappa shape index (κ1) is 25.3. The molecule has 1 aliphatic heterocycles. The van der Waals surface area contributed by atoms with Crippen LogP contribution in [0.2, 0.25) is 0 Å². The van der Waals surface area contributed by atoms with E-state index < -0.39 is 21.8 Å². The lowest BCUT2D eigenvalue weighted by Gasteiger charge is -2.19. The lowest BCUT2D eigenvalue weighted by molar-refractivity contribution is -0.120. The Balaban J connectivity index is 2.01. The minimum atomic E-state index is -4.08. The summed E-state index contributed by atoms with van der Waals surface area (Å²) in [6.45, 7) is 11.3. The number of rotatable bonds is 6. The first-order valence-electron chi connectivity index (χ1n) is 10.4. The molecule has 10 heteroatoms. The quantitative estimate of drug-likeness (QED) is 0.366. The van der Waals surface area contributed by atoms with Crippen molar-refractivity contribution in [3.63, 3.8) is 0 Å². The second-order valence-corrected chi connectivity index (χ2v) is 11.0. The number of allylic oxidation sites excluding steroid dienone is 3. The van der Waals surface area contributed by atoms with Crippen LogP contribution in [0.1, 0.15) is 38.4 Å². The summed E-state index contributed by atoms with van der Waals surface area (Å²) >= 11 is 5.82. The van der Waals surface area contributed by atoms with Crippen LogP contribution in [-0.4, -0.2) is 30.4 Å². The first-order chi connectivity index (χ1) is 15.8. The number of aromatic nitrogens is 2. The molecule has 8 nitrogen and oxygen atoms in total. The Hall–Kier alpha value is -3.30. The third-order valence-electron chi connectivity index (χ3n) is 5.08. The number of sulfonamides is 1. The van der Waals surface area contributed by atoms with Gasteiger partial charge in [0.05, 0.1) is 28.3 Å². The van der Waals surface area contributed by atoms with E-state index in [0.29, 0.717) is 5.69 Å². The molecule has 2 amide bonds. The van der Waals surface area contributed by atoms with E-state index in [9.17, 15) is 18.0 Å². The highest BCUT2D eigenvalue weighted by atomic mass is 35.5. The summed E-state index contributed by atoms with van der Waals surface area (Å²) < 4.78 is 28.7. The zero-order valence-corrected chi connectivity index (χ0v) is 20.9. The average molecular weight is 501 g/mol. The molecule has 0 radical (unpaired) electrons. The largest absolute Gasteiger partial charge is 0.279 e. The van der Waals surface area contributed by atoms with Crippen LogP contribution in [0.5, 0.6) is 0 Å². The van der Waals surface area contributed by atoms with Gasteiger partial charge in [-0.05, 0) is 54.3 Å². The summed E-state index contributed by atoms with van der Waals surface area (Å²) in [5.41, 5.74) is 1.31. The Morgan fingerprint density at radius 1 is 1.09 bits per heavy atom. The van der Waals surface area contributed by atoms with Gasteiger partial charge in [0.1, 0.15) is 0 Å². The Labute approximate surface area is 204 Å². The topological polar surface area (TPSA) is 109 Å². The Morgan fingerprint density at radius 2 is 1.74 bits per heavy atom. The summed E-state index contributed by atoms with van der Waals surface area (Å²) in [6, 6.07) is 9.57. The van der Waals surface area contributed by atoms with Crippen molar-refractivity contribution in [2.45, 2.75) is 44.4 Å². The van der Waals surface area contributed by atoms with Crippen molar-refractivity contribution >= 4 is 39.3 Å². The molecule has 0 spiro atoms. The van der Waals surface area contributed by atoms with E-state index in [1.807, 2.05) is 20.8 Å². The zero-order chi connectivity index (χ0) is 25.3. The second-order valence-electron chi connectivity index (χ2n) is 8.80. The number of amides is 2. The number of nitrogens with zero attached hydrogens (tertiary/aromatic N) is 3. The van der Waals surface area contributed by atoms with Crippen LogP contribution in [-0.2, 0) is 25.0 Å². The summed E-state index contributed by atoms with van der Waals surface area (Å²) in [5, 5.41) is 7.89. The van der Waals surface area contributed by atoms with Crippen molar-refractivity contribution in [3.8, 4) is 0 Å². The van der Waals surface area contributed by atoms with Gasteiger partial charge in [-0.2, -0.15) is 5.10 Å². The molecular formula is C24H25ClN4O4S. The number of hydrogen-bond acceptors (Lipinski definition) is 6. The molecule has 34 heavy (non-hydrogen) atoms. The van der Waals surface area contributed by atoms with Crippen molar-refractivity contribution in [2.24, 2.45) is 0 Å². The molecule has 0 bridgehead atoms.